The Morgan fingerprint density at radius 1 is 1.44 bits per heavy atom. The van der Waals surface area contributed by atoms with Crippen molar-refractivity contribution in [3.8, 4) is 0 Å². The lowest BCUT2D eigenvalue weighted by Gasteiger charge is -2.07. The van der Waals surface area contributed by atoms with Gasteiger partial charge >= 0.3 is 0 Å². The number of hydrogen-bond donors (Lipinski definition) is 0. The summed E-state index contributed by atoms with van der Waals surface area (Å²) in [6.07, 6.45) is 1.27. The van der Waals surface area contributed by atoms with Crippen LogP contribution in [0, 0.1) is 0 Å². The molecule has 0 saturated carbocycles. The Kier molecular flexibility index (Phi) is 4.61. The van der Waals surface area contributed by atoms with E-state index in [1.54, 1.807) is 7.11 Å². The predicted molar refractivity (Wildman–Crippen MR) is 58.1 cm³/mol. The van der Waals surface area contributed by atoms with E-state index in [0.717, 1.165) is 6.42 Å². The van der Waals surface area contributed by atoms with Gasteiger partial charge in [0.25, 0.3) is 0 Å². The second-order valence-corrected chi connectivity index (χ2v) is 3.69. The first kappa shape index (κ1) is 12.8. The molecule has 1 aromatic rings. The summed E-state index contributed by atoms with van der Waals surface area (Å²) in [7, 11) is 1.60. The van der Waals surface area contributed by atoms with Crippen molar-refractivity contribution < 1.29 is 14.1 Å². The molecular weight excluding hydrogens is 208 g/mol. The summed E-state index contributed by atoms with van der Waals surface area (Å²) in [5.41, 5.74) is 0. The largest absolute Gasteiger partial charge is 0.373 e. The molecule has 0 aliphatic carbocycles. The maximum Gasteiger partial charge on any atom is 0.237 e. The van der Waals surface area contributed by atoms with Crippen LogP contribution < -0.4 is 0 Å². The molecule has 0 bridgehead atoms. The summed E-state index contributed by atoms with van der Waals surface area (Å²) < 4.78 is 10.3. The van der Waals surface area contributed by atoms with Crippen LogP contribution >= 0.6 is 0 Å². The number of hydrogen-bond acceptors (Lipinski definition) is 5. The molecule has 2 unspecified atom stereocenters. The third kappa shape index (κ3) is 2.66. The quantitative estimate of drug-likeness (QED) is 0.744. The summed E-state index contributed by atoms with van der Waals surface area (Å²) >= 11 is 0. The molecule has 16 heavy (non-hydrogen) atoms. The van der Waals surface area contributed by atoms with E-state index in [1.165, 1.54) is 6.92 Å². The van der Waals surface area contributed by atoms with Crippen LogP contribution in [0.3, 0.4) is 0 Å². The maximum absolute atomic E-state index is 11.3. The zero-order chi connectivity index (χ0) is 12.1. The number of ketones is 1. The average Bonchev–Trinajstić information content (AvgIpc) is 2.70. The van der Waals surface area contributed by atoms with E-state index < -0.39 is 0 Å². The Balaban J connectivity index is 2.88. The summed E-state index contributed by atoms with van der Waals surface area (Å²) in [5, 5.41) is 3.85. The van der Waals surface area contributed by atoms with Gasteiger partial charge in [-0.15, -0.1) is 0 Å². The van der Waals surface area contributed by atoms with E-state index in [0.29, 0.717) is 18.1 Å². The smallest absolute Gasteiger partial charge is 0.237 e. The minimum absolute atomic E-state index is 0.0446. The summed E-state index contributed by atoms with van der Waals surface area (Å²) in [4.78, 5) is 15.6. The Labute approximate surface area is 95.2 Å². The van der Waals surface area contributed by atoms with Crippen LogP contribution in [0.2, 0.25) is 0 Å². The Hall–Kier alpha value is -1.23. The van der Waals surface area contributed by atoms with Gasteiger partial charge in [0.05, 0.1) is 5.92 Å². The van der Waals surface area contributed by atoms with E-state index in [9.17, 15) is 4.79 Å². The molecule has 5 heteroatoms. The van der Waals surface area contributed by atoms with E-state index in [-0.39, 0.29) is 17.8 Å². The molecule has 0 aliphatic heterocycles. The lowest BCUT2D eigenvalue weighted by molar-refractivity contribution is -0.119. The molecule has 0 amide bonds. The van der Waals surface area contributed by atoms with Crippen LogP contribution in [0.25, 0.3) is 0 Å². The molecule has 2 atom stereocenters. The fraction of sp³-hybridized carbons (Fsp3) is 0.727. The topological polar surface area (TPSA) is 65.2 Å². The van der Waals surface area contributed by atoms with Crippen LogP contribution in [0.1, 0.15) is 57.3 Å². The molecule has 1 rings (SSSR count). The Morgan fingerprint density at radius 3 is 2.56 bits per heavy atom. The Bertz CT molecular complexity index is 345. The third-order valence-corrected chi connectivity index (χ3v) is 2.60. The van der Waals surface area contributed by atoms with Gasteiger partial charge in [0.15, 0.2) is 0 Å². The number of rotatable bonds is 6. The van der Waals surface area contributed by atoms with Crippen LogP contribution in [-0.4, -0.2) is 23.0 Å². The highest BCUT2D eigenvalue weighted by Gasteiger charge is 2.23. The normalized spacial score (nSPS) is 14.8. The van der Waals surface area contributed by atoms with E-state index in [1.807, 2.05) is 13.8 Å². The molecule has 0 aliphatic rings. The number of carbonyl (C=O) groups excluding carboxylic acids is 1. The van der Waals surface area contributed by atoms with Gasteiger partial charge in [-0.2, -0.15) is 4.98 Å². The van der Waals surface area contributed by atoms with Gasteiger partial charge in [-0.3, -0.25) is 4.79 Å². The van der Waals surface area contributed by atoms with Crippen molar-refractivity contribution in [2.24, 2.45) is 0 Å². The van der Waals surface area contributed by atoms with E-state index in [2.05, 4.69) is 10.1 Å². The lowest BCUT2D eigenvalue weighted by atomic mass is 10.0. The first-order valence-corrected chi connectivity index (χ1v) is 5.50. The van der Waals surface area contributed by atoms with Gasteiger partial charge in [-0.05, 0) is 19.8 Å². The van der Waals surface area contributed by atoms with Gasteiger partial charge in [-0.1, -0.05) is 19.0 Å². The van der Waals surface area contributed by atoms with Crippen molar-refractivity contribution in [3.63, 3.8) is 0 Å². The number of aromatic nitrogens is 2. The van der Waals surface area contributed by atoms with Crippen molar-refractivity contribution in [2.75, 3.05) is 7.11 Å². The van der Waals surface area contributed by atoms with Crippen molar-refractivity contribution in [1.29, 1.82) is 0 Å². The monoisotopic (exact) mass is 226 g/mol. The molecule has 0 spiro atoms. The highest BCUT2D eigenvalue weighted by molar-refractivity contribution is 5.82. The zero-order valence-corrected chi connectivity index (χ0v) is 10.2. The number of carbonyl (C=O) groups is 1. The van der Waals surface area contributed by atoms with Crippen LogP contribution in [0.15, 0.2) is 4.52 Å². The molecule has 90 valence electrons. The van der Waals surface area contributed by atoms with E-state index in [4.69, 9.17) is 9.26 Å². The number of Topliss-reactive ketones (excluding diaryl/α,β-unsaturated/α-hetero) is 1. The fourth-order valence-corrected chi connectivity index (χ4v) is 1.61. The number of methoxy groups -OCH3 is 1. The van der Waals surface area contributed by atoms with Crippen molar-refractivity contribution in [1.82, 2.24) is 10.1 Å². The SMILES string of the molecule is CCC(OC)c1noc(C(CC)C(C)=O)n1. The van der Waals surface area contributed by atoms with Gasteiger partial charge in [0.1, 0.15) is 11.9 Å². The minimum Gasteiger partial charge on any atom is -0.373 e. The molecular formula is C11H18N2O3. The molecule has 0 saturated heterocycles. The molecule has 1 heterocycles. The maximum atomic E-state index is 11.3. The third-order valence-electron chi connectivity index (χ3n) is 2.60. The number of nitrogens with zero attached hydrogens (tertiary/aromatic N) is 2. The van der Waals surface area contributed by atoms with Gasteiger partial charge in [0, 0.05) is 7.11 Å². The fourth-order valence-electron chi connectivity index (χ4n) is 1.61. The second-order valence-electron chi connectivity index (χ2n) is 3.69. The van der Waals surface area contributed by atoms with Gasteiger partial charge in [0.2, 0.25) is 11.7 Å². The van der Waals surface area contributed by atoms with E-state index >= 15 is 0 Å². The highest BCUT2D eigenvalue weighted by Crippen LogP contribution is 2.22. The lowest BCUT2D eigenvalue weighted by Crippen LogP contribution is -2.08. The standard InChI is InChI=1S/C11H18N2O3/c1-5-8(7(3)14)11-12-10(13-16-11)9(6-2)15-4/h8-9H,5-6H2,1-4H3. The van der Waals surface area contributed by atoms with Crippen LogP contribution in [0.5, 0.6) is 0 Å². The first-order chi connectivity index (χ1) is 7.63. The molecule has 0 fully saturated rings. The second kappa shape index (κ2) is 5.75. The molecule has 5 nitrogen and oxygen atoms in total. The minimum atomic E-state index is -0.296. The van der Waals surface area contributed by atoms with Gasteiger partial charge in [-0.25, -0.2) is 0 Å². The van der Waals surface area contributed by atoms with Crippen LogP contribution in [-0.2, 0) is 9.53 Å². The van der Waals surface area contributed by atoms with Crippen molar-refractivity contribution in [3.05, 3.63) is 11.7 Å². The highest BCUT2D eigenvalue weighted by atomic mass is 16.5. The predicted octanol–water partition coefficient (Wildman–Crippen LogP) is 2.25. The molecule has 0 N–H and O–H groups in total. The molecule has 1 aromatic heterocycles. The summed E-state index contributed by atoms with van der Waals surface area (Å²) in [6, 6.07) is 0. The molecule has 0 aromatic carbocycles. The average molecular weight is 226 g/mol. The summed E-state index contributed by atoms with van der Waals surface area (Å²) in [6.45, 7) is 5.43. The zero-order valence-electron chi connectivity index (χ0n) is 10.2. The Morgan fingerprint density at radius 2 is 2.12 bits per heavy atom. The van der Waals surface area contributed by atoms with Gasteiger partial charge < -0.3 is 9.26 Å². The molecule has 0 radical (unpaired) electrons. The van der Waals surface area contributed by atoms with Crippen molar-refractivity contribution in [2.45, 2.75) is 45.6 Å². The summed E-state index contributed by atoms with van der Waals surface area (Å²) in [5.74, 6) is 0.652. The van der Waals surface area contributed by atoms with Crippen molar-refractivity contribution >= 4 is 5.78 Å². The number of ether oxygens (including phenoxy) is 1. The van der Waals surface area contributed by atoms with Crippen LogP contribution in [0.4, 0.5) is 0 Å². The first-order valence-electron chi connectivity index (χ1n) is 5.50.